The average Bonchev–Trinajstić information content (AvgIpc) is 2.29. The van der Waals surface area contributed by atoms with Gasteiger partial charge >= 0.3 is 11.9 Å². The minimum Gasteiger partial charge on any atom is -0.466 e. The summed E-state index contributed by atoms with van der Waals surface area (Å²) in [5.41, 5.74) is 0. The second kappa shape index (κ2) is 8.63. The van der Waals surface area contributed by atoms with Crippen molar-refractivity contribution in [3.8, 4) is 0 Å². The van der Waals surface area contributed by atoms with Crippen molar-refractivity contribution in [3.63, 3.8) is 0 Å². The maximum atomic E-state index is 11.7. The average molecular weight is 279 g/mol. The molecule has 0 aliphatic rings. The van der Waals surface area contributed by atoms with E-state index in [-0.39, 0.29) is 13.2 Å². The smallest absolute Gasteiger partial charge is 0.324 e. The van der Waals surface area contributed by atoms with Crippen molar-refractivity contribution in [2.24, 2.45) is 5.92 Å². The zero-order valence-electron chi connectivity index (χ0n) is 10.2. The lowest BCUT2D eigenvalue weighted by Gasteiger charge is -2.11. The van der Waals surface area contributed by atoms with Crippen LogP contribution in [0.1, 0.15) is 20.3 Å². The summed E-state index contributed by atoms with van der Waals surface area (Å²) >= 11 is 5.31. The Labute approximate surface area is 110 Å². The van der Waals surface area contributed by atoms with Gasteiger partial charge in [0.05, 0.1) is 19.1 Å². The second-order valence-corrected chi connectivity index (χ2v) is 3.50. The number of carbonyl (C=O) groups excluding carboxylic acids is 4. The molecule has 6 nitrogen and oxygen atoms in total. The molecule has 0 aromatic carbocycles. The molecule has 0 saturated heterocycles. The maximum Gasteiger partial charge on any atom is 0.324 e. The van der Waals surface area contributed by atoms with Gasteiger partial charge in [-0.3, -0.25) is 19.2 Å². The Morgan fingerprint density at radius 1 is 1.00 bits per heavy atom. The van der Waals surface area contributed by atoms with Gasteiger partial charge in [0.1, 0.15) is 6.42 Å². The van der Waals surface area contributed by atoms with Gasteiger partial charge in [0.25, 0.3) is 0 Å². The summed E-state index contributed by atoms with van der Waals surface area (Å²) in [5, 5.41) is 0. The Balaban J connectivity index is 4.75. The van der Waals surface area contributed by atoms with E-state index >= 15 is 0 Å². The summed E-state index contributed by atoms with van der Waals surface area (Å²) in [7, 11) is 0. The van der Waals surface area contributed by atoms with Crippen LogP contribution in [0.15, 0.2) is 0 Å². The van der Waals surface area contributed by atoms with Crippen molar-refractivity contribution in [1.29, 1.82) is 0 Å². The molecule has 7 heteroatoms. The normalized spacial score (nSPS) is 11.5. The summed E-state index contributed by atoms with van der Waals surface area (Å²) in [6, 6.07) is 0. The Bertz CT molecular complexity index is 338. The molecule has 102 valence electrons. The summed E-state index contributed by atoms with van der Waals surface area (Å²) in [5.74, 6) is -5.58. The first-order chi connectivity index (χ1) is 8.47. The van der Waals surface area contributed by atoms with Crippen LogP contribution in [0.2, 0.25) is 0 Å². The van der Waals surface area contributed by atoms with E-state index in [0.29, 0.717) is 0 Å². The number of esters is 2. The van der Waals surface area contributed by atoms with Crippen LogP contribution in [-0.4, -0.2) is 42.6 Å². The molecule has 0 bridgehead atoms. The lowest BCUT2D eigenvalue weighted by Crippen LogP contribution is -2.35. The van der Waals surface area contributed by atoms with Crippen LogP contribution in [0.5, 0.6) is 0 Å². The first kappa shape index (κ1) is 16.6. The van der Waals surface area contributed by atoms with Crippen LogP contribution >= 0.6 is 11.6 Å². The molecule has 18 heavy (non-hydrogen) atoms. The predicted molar refractivity (Wildman–Crippen MR) is 62.1 cm³/mol. The van der Waals surface area contributed by atoms with Crippen LogP contribution in [0.4, 0.5) is 0 Å². The summed E-state index contributed by atoms with van der Waals surface area (Å²) in [6.07, 6.45) is -0.653. The van der Waals surface area contributed by atoms with Gasteiger partial charge < -0.3 is 9.47 Å². The van der Waals surface area contributed by atoms with Gasteiger partial charge in [0, 0.05) is 0 Å². The molecule has 0 saturated carbocycles. The lowest BCUT2D eigenvalue weighted by molar-refractivity contribution is -0.155. The highest BCUT2D eigenvalue weighted by Gasteiger charge is 2.35. The molecular weight excluding hydrogens is 264 g/mol. The van der Waals surface area contributed by atoms with E-state index in [4.69, 9.17) is 11.6 Å². The van der Waals surface area contributed by atoms with Gasteiger partial charge in [-0.2, -0.15) is 0 Å². The number of Topliss-reactive ketones (excluding diaryl/α,β-unsaturated/α-hetero) is 2. The molecule has 0 fully saturated rings. The van der Waals surface area contributed by atoms with Gasteiger partial charge in [-0.1, -0.05) is 0 Å². The standard InChI is InChI=1S/C11H15ClO6/c1-3-17-9(15)5-7(13)10(8(14)6-12)11(16)18-4-2/h10H,3-6H2,1-2H3. The molecule has 0 radical (unpaired) electrons. The van der Waals surface area contributed by atoms with Gasteiger partial charge in [-0.15, -0.1) is 11.6 Å². The van der Waals surface area contributed by atoms with E-state index in [9.17, 15) is 19.2 Å². The molecular formula is C11H15ClO6. The molecule has 0 aliphatic carbocycles. The zero-order chi connectivity index (χ0) is 14.1. The number of carbonyl (C=O) groups is 4. The van der Waals surface area contributed by atoms with Crippen LogP contribution in [-0.2, 0) is 28.7 Å². The van der Waals surface area contributed by atoms with Crippen molar-refractivity contribution >= 4 is 35.1 Å². The fourth-order valence-corrected chi connectivity index (χ4v) is 1.36. The largest absolute Gasteiger partial charge is 0.466 e. The van der Waals surface area contributed by atoms with E-state index in [0.717, 1.165) is 0 Å². The highest BCUT2D eigenvalue weighted by Crippen LogP contribution is 2.09. The van der Waals surface area contributed by atoms with E-state index < -0.39 is 41.7 Å². The Kier molecular flexibility index (Phi) is 7.94. The van der Waals surface area contributed by atoms with Gasteiger partial charge in [-0.05, 0) is 13.8 Å². The molecule has 0 aliphatic heterocycles. The van der Waals surface area contributed by atoms with Crippen molar-refractivity contribution in [2.75, 3.05) is 19.1 Å². The quantitative estimate of drug-likeness (QED) is 0.365. The molecule has 0 N–H and O–H groups in total. The second-order valence-electron chi connectivity index (χ2n) is 3.23. The van der Waals surface area contributed by atoms with Crippen LogP contribution in [0.3, 0.4) is 0 Å². The third-order valence-corrected chi connectivity index (χ3v) is 2.19. The molecule has 0 rings (SSSR count). The monoisotopic (exact) mass is 278 g/mol. The van der Waals surface area contributed by atoms with E-state index in [1.807, 2.05) is 0 Å². The SMILES string of the molecule is CCOC(=O)CC(=O)C(C(=O)CCl)C(=O)OCC. The van der Waals surface area contributed by atoms with Crippen molar-refractivity contribution < 1.29 is 28.7 Å². The molecule has 0 aromatic heterocycles. The Morgan fingerprint density at radius 3 is 2.00 bits per heavy atom. The molecule has 0 amide bonds. The predicted octanol–water partition coefficient (Wildman–Crippen LogP) is 0.496. The van der Waals surface area contributed by atoms with E-state index in [1.165, 1.54) is 6.92 Å². The third-order valence-electron chi connectivity index (χ3n) is 1.92. The minimum absolute atomic E-state index is 0.0254. The highest BCUT2D eigenvalue weighted by molar-refractivity contribution is 6.33. The first-order valence-corrected chi connectivity index (χ1v) is 5.94. The minimum atomic E-state index is -1.65. The summed E-state index contributed by atoms with van der Waals surface area (Å²) in [6.45, 7) is 3.25. The molecule has 1 atom stereocenters. The van der Waals surface area contributed by atoms with Crippen LogP contribution in [0.25, 0.3) is 0 Å². The van der Waals surface area contributed by atoms with E-state index in [1.54, 1.807) is 6.92 Å². The van der Waals surface area contributed by atoms with Gasteiger partial charge in [0.2, 0.25) is 0 Å². The van der Waals surface area contributed by atoms with Crippen molar-refractivity contribution in [3.05, 3.63) is 0 Å². The van der Waals surface area contributed by atoms with Crippen LogP contribution in [0, 0.1) is 5.92 Å². The number of rotatable bonds is 8. The van der Waals surface area contributed by atoms with Crippen LogP contribution < -0.4 is 0 Å². The maximum absolute atomic E-state index is 11.7. The fourth-order valence-electron chi connectivity index (χ4n) is 1.20. The summed E-state index contributed by atoms with van der Waals surface area (Å²) < 4.78 is 9.16. The number of ketones is 2. The number of ether oxygens (including phenoxy) is 2. The lowest BCUT2D eigenvalue weighted by atomic mass is 9.97. The number of alkyl halides is 1. The molecule has 1 unspecified atom stereocenters. The summed E-state index contributed by atoms with van der Waals surface area (Å²) in [4.78, 5) is 45.6. The Morgan fingerprint density at radius 2 is 1.56 bits per heavy atom. The number of hydrogen-bond donors (Lipinski definition) is 0. The van der Waals surface area contributed by atoms with Crippen molar-refractivity contribution in [2.45, 2.75) is 20.3 Å². The Hall–Kier alpha value is -1.43. The first-order valence-electron chi connectivity index (χ1n) is 5.41. The van der Waals surface area contributed by atoms with Crippen molar-refractivity contribution in [1.82, 2.24) is 0 Å². The fraction of sp³-hybridized carbons (Fsp3) is 0.636. The zero-order valence-corrected chi connectivity index (χ0v) is 11.0. The number of hydrogen-bond acceptors (Lipinski definition) is 6. The molecule has 0 spiro atoms. The molecule has 0 aromatic rings. The molecule has 0 heterocycles. The van der Waals surface area contributed by atoms with E-state index in [2.05, 4.69) is 9.47 Å². The topological polar surface area (TPSA) is 86.7 Å². The number of halogens is 1. The van der Waals surface area contributed by atoms with Gasteiger partial charge in [-0.25, -0.2) is 0 Å². The highest BCUT2D eigenvalue weighted by atomic mass is 35.5. The van der Waals surface area contributed by atoms with Gasteiger partial charge in [0.15, 0.2) is 17.5 Å². The third kappa shape index (κ3) is 5.27.